The fourth-order valence-corrected chi connectivity index (χ4v) is 1.98. The summed E-state index contributed by atoms with van der Waals surface area (Å²) in [6.07, 6.45) is 0.804. The molecule has 0 unspecified atom stereocenters. The normalized spacial score (nSPS) is 9.62. The molecule has 16 heavy (non-hydrogen) atoms. The first-order chi connectivity index (χ1) is 7.63. The van der Waals surface area contributed by atoms with E-state index in [0.717, 1.165) is 16.5 Å². The summed E-state index contributed by atoms with van der Waals surface area (Å²) in [5.74, 6) is -0.456. The summed E-state index contributed by atoms with van der Waals surface area (Å²) in [5, 5.41) is 8.97. The maximum absolute atomic E-state index is 11.6. The van der Waals surface area contributed by atoms with Crippen molar-refractivity contribution in [3.8, 4) is 6.07 Å². The van der Waals surface area contributed by atoms with Crippen molar-refractivity contribution in [3.05, 3.63) is 33.3 Å². The molecule has 0 N–H and O–H groups in total. The van der Waals surface area contributed by atoms with E-state index in [1.165, 1.54) is 0 Å². The van der Waals surface area contributed by atoms with Crippen LogP contribution in [0.5, 0.6) is 0 Å². The topological polar surface area (TPSA) is 50.1 Å². The second-order valence-corrected chi connectivity index (χ2v) is 4.03. The molecule has 0 atom stereocenters. The van der Waals surface area contributed by atoms with Crippen LogP contribution in [0, 0.1) is 11.3 Å². The van der Waals surface area contributed by atoms with Crippen molar-refractivity contribution in [2.45, 2.75) is 20.3 Å². The van der Waals surface area contributed by atoms with Crippen LogP contribution in [0.4, 0.5) is 0 Å². The zero-order valence-electron chi connectivity index (χ0n) is 9.21. The minimum absolute atomic E-state index is 0.302. The molecule has 0 aliphatic rings. The van der Waals surface area contributed by atoms with E-state index in [2.05, 4.69) is 15.9 Å². The zero-order chi connectivity index (χ0) is 12.1. The Bertz CT molecular complexity index is 449. The van der Waals surface area contributed by atoms with Gasteiger partial charge in [-0.25, -0.2) is 4.79 Å². The summed E-state index contributed by atoms with van der Waals surface area (Å²) in [7, 11) is 0. The fourth-order valence-electron chi connectivity index (χ4n) is 1.36. The molecular weight excluding hydrogens is 270 g/mol. The van der Waals surface area contributed by atoms with Crippen LogP contribution in [0.25, 0.3) is 0 Å². The van der Waals surface area contributed by atoms with Gasteiger partial charge < -0.3 is 4.74 Å². The highest BCUT2D eigenvalue weighted by Gasteiger charge is 2.14. The second-order valence-electron chi connectivity index (χ2n) is 3.18. The van der Waals surface area contributed by atoms with Gasteiger partial charge >= 0.3 is 5.97 Å². The number of aryl methyl sites for hydroxylation is 1. The molecule has 3 nitrogen and oxygen atoms in total. The van der Waals surface area contributed by atoms with Gasteiger partial charge in [-0.2, -0.15) is 5.26 Å². The third kappa shape index (κ3) is 2.61. The number of halogens is 1. The molecule has 1 aromatic rings. The zero-order valence-corrected chi connectivity index (χ0v) is 10.8. The molecule has 0 spiro atoms. The maximum atomic E-state index is 11.6. The average molecular weight is 282 g/mol. The SMILES string of the molecule is CCOC(=O)c1cc(Br)c(CC)cc1C#N. The molecule has 84 valence electrons. The number of nitriles is 1. The first-order valence-corrected chi connectivity index (χ1v) is 5.82. The third-order valence-corrected chi connectivity index (χ3v) is 2.92. The largest absolute Gasteiger partial charge is 0.462 e. The van der Waals surface area contributed by atoms with Crippen LogP contribution in [0.3, 0.4) is 0 Å². The first-order valence-electron chi connectivity index (χ1n) is 5.03. The van der Waals surface area contributed by atoms with Crippen LogP contribution in [0.1, 0.15) is 35.3 Å². The van der Waals surface area contributed by atoms with Gasteiger partial charge in [-0.1, -0.05) is 22.9 Å². The predicted octanol–water partition coefficient (Wildman–Crippen LogP) is 3.06. The quantitative estimate of drug-likeness (QED) is 0.800. The molecule has 0 aliphatic heterocycles. The summed E-state index contributed by atoms with van der Waals surface area (Å²) in [5.41, 5.74) is 1.68. The van der Waals surface area contributed by atoms with Gasteiger partial charge in [0.15, 0.2) is 0 Å². The molecule has 0 bridgehead atoms. The van der Waals surface area contributed by atoms with Gasteiger partial charge in [0.2, 0.25) is 0 Å². The molecule has 0 saturated carbocycles. The van der Waals surface area contributed by atoms with E-state index in [-0.39, 0.29) is 0 Å². The molecule has 0 fully saturated rings. The van der Waals surface area contributed by atoms with Crippen LogP contribution in [-0.4, -0.2) is 12.6 Å². The number of carbonyl (C=O) groups excluding carboxylic acids is 1. The molecule has 4 heteroatoms. The van der Waals surface area contributed by atoms with Crippen LogP contribution in [-0.2, 0) is 11.2 Å². The Labute approximate surface area is 103 Å². The van der Waals surface area contributed by atoms with E-state index in [4.69, 9.17) is 10.00 Å². The predicted molar refractivity (Wildman–Crippen MR) is 64.2 cm³/mol. The van der Waals surface area contributed by atoms with E-state index >= 15 is 0 Å². The Morgan fingerprint density at radius 3 is 2.69 bits per heavy atom. The number of rotatable bonds is 3. The Balaban J connectivity index is 3.24. The number of ether oxygens (including phenoxy) is 1. The Hall–Kier alpha value is -1.34. The van der Waals surface area contributed by atoms with Crippen molar-refractivity contribution < 1.29 is 9.53 Å². The second kappa shape index (κ2) is 5.66. The minimum atomic E-state index is -0.456. The number of nitrogens with zero attached hydrogens (tertiary/aromatic N) is 1. The number of carbonyl (C=O) groups is 1. The van der Waals surface area contributed by atoms with Crippen LogP contribution in [0.15, 0.2) is 16.6 Å². The highest BCUT2D eigenvalue weighted by molar-refractivity contribution is 9.10. The van der Waals surface area contributed by atoms with Gasteiger partial charge in [0.25, 0.3) is 0 Å². The van der Waals surface area contributed by atoms with Gasteiger partial charge in [0.1, 0.15) is 6.07 Å². The van der Waals surface area contributed by atoms with Crippen molar-refractivity contribution in [2.24, 2.45) is 0 Å². The van der Waals surface area contributed by atoms with Crippen molar-refractivity contribution in [3.63, 3.8) is 0 Å². The van der Waals surface area contributed by atoms with Crippen LogP contribution >= 0.6 is 15.9 Å². The summed E-state index contributed by atoms with van der Waals surface area (Å²) in [6.45, 7) is 4.03. The summed E-state index contributed by atoms with van der Waals surface area (Å²) in [6, 6.07) is 5.38. The lowest BCUT2D eigenvalue weighted by Crippen LogP contribution is -2.07. The van der Waals surface area contributed by atoms with Crippen molar-refractivity contribution in [1.82, 2.24) is 0 Å². The lowest BCUT2D eigenvalue weighted by atomic mass is 10.0. The highest BCUT2D eigenvalue weighted by atomic mass is 79.9. The molecule has 0 heterocycles. The van der Waals surface area contributed by atoms with Gasteiger partial charge in [0, 0.05) is 4.47 Å². The summed E-state index contributed by atoms with van der Waals surface area (Å²) < 4.78 is 5.72. The number of benzene rings is 1. The standard InChI is InChI=1S/C12H12BrNO2/c1-3-8-5-9(7-14)10(6-11(8)13)12(15)16-4-2/h5-6H,3-4H2,1-2H3. The maximum Gasteiger partial charge on any atom is 0.339 e. The molecule has 0 aliphatic carbocycles. The van der Waals surface area contributed by atoms with Crippen molar-refractivity contribution >= 4 is 21.9 Å². The lowest BCUT2D eigenvalue weighted by Gasteiger charge is -2.07. The van der Waals surface area contributed by atoms with Crippen LogP contribution in [0.2, 0.25) is 0 Å². The Kier molecular flexibility index (Phi) is 4.51. The summed E-state index contributed by atoms with van der Waals surface area (Å²) >= 11 is 3.37. The highest BCUT2D eigenvalue weighted by Crippen LogP contribution is 2.23. The smallest absolute Gasteiger partial charge is 0.339 e. The average Bonchev–Trinajstić information content (AvgIpc) is 2.29. The number of esters is 1. The van der Waals surface area contributed by atoms with Crippen molar-refractivity contribution in [1.29, 1.82) is 5.26 Å². The minimum Gasteiger partial charge on any atom is -0.462 e. The molecule has 0 aromatic heterocycles. The van der Waals surface area contributed by atoms with Gasteiger partial charge in [-0.15, -0.1) is 0 Å². The number of hydrogen-bond donors (Lipinski definition) is 0. The monoisotopic (exact) mass is 281 g/mol. The Morgan fingerprint density at radius 1 is 1.50 bits per heavy atom. The van der Waals surface area contributed by atoms with E-state index in [1.807, 2.05) is 13.0 Å². The van der Waals surface area contributed by atoms with Gasteiger partial charge in [-0.05, 0) is 31.0 Å². The molecule has 1 aromatic carbocycles. The molecule has 0 radical (unpaired) electrons. The lowest BCUT2D eigenvalue weighted by molar-refractivity contribution is 0.0526. The molecule has 0 saturated heterocycles. The van der Waals surface area contributed by atoms with E-state index in [9.17, 15) is 4.79 Å². The van der Waals surface area contributed by atoms with E-state index in [1.54, 1.807) is 19.1 Å². The van der Waals surface area contributed by atoms with E-state index < -0.39 is 5.97 Å². The fraction of sp³-hybridized carbons (Fsp3) is 0.333. The molecule has 1 rings (SSSR count). The van der Waals surface area contributed by atoms with Crippen LogP contribution < -0.4 is 0 Å². The Morgan fingerprint density at radius 2 is 2.19 bits per heavy atom. The summed E-state index contributed by atoms with van der Waals surface area (Å²) in [4.78, 5) is 11.6. The number of hydrogen-bond acceptors (Lipinski definition) is 3. The molecule has 0 amide bonds. The first kappa shape index (κ1) is 12.7. The van der Waals surface area contributed by atoms with Crippen molar-refractivity contribution in [2.75, 3.05) is 6.61 Å². The third-order valence-electron chi connectivity index (χ3n) is 2.18. The van der Waals surface area contributed by atoms with Gasteiger partial charge in [0.05, 0.1) is 17.7 Å². The molecular formula is C12H12BrNO2. The van der Waals surface area contributed by atoms with Gasteiger partial charge in [-0.3, -0.25) is 0 Å². The van der Waals surface area contributed by atoms with E-state index in [0.29, 0.717) is 17.7 Å².